The predicted octanol–water partition coefficient (Wildman–Crippen LogP) is 3.17. The summed E-state index contributed by atoms with van der Waals surface area (Å²) < 4.78 is 21.8. The first-order valence-corrected chi connectivity index (χ1v) is 11.2. The number of H-pyrrole nitrogens is 1. The molecule has 0 bridgehead atoms. The van der Waals surface area contributed by atoms with Crippen LogP contribution in [0.25, 0.3) is 27.8 Å². The van der Waals surface area contributed by atoms with Crippen molar-refractivity contribution in [3.8, 4) is 17.0 Å². The van der Waals surface area contributed by atoms with Crippen LogP contribution in [0.2, 0.25) is 0 Å². The third-order valence-corrected chi connectivity index (χ3v) is 7.07. The van der Waals surface area contributed by atoms with Gasteiger partial charge in [0.1, 0.15) is 11.9 Å². The van der Waals surface area contributed by atoms with Crippen molar-refractivity contribution in [3.05, 3.63) is 36.7 Å². The molecule has 1 aliphatic carbocycles. The molecular formula is C23H26FN7O2. The van der Waals surface area contributed by atoms with Crippen molar-refractivity contribution in [2.24, 2.45) is 0 Å². The SMILES string of the molecule is COc1nc(NC2CC(C)(N3CCCC3O)C2)nc2[nH]cc(-c3cc(F)c4nccn4c3)c12. The molecule has 1 saturated carbocycles. The molecule has 6 rings (SSSR count). The maximum atomic E-state index is 14.5. The maximum Gasteiger partial charge on any atom is 0.228 e. The van der Waals surface area contributed by atoms with Gasteiger partial charge in [-0.25, -0.2) is 9.37 Å². The van der Waals surface area contributed by atoms with Crippen LogP contribution in [0.1, 0.15) is 32.6 Å². The molecule has 4 aromatic rings. The maximum absolute atomic E-state index is 14.5. The third-order valence-electron chi connectivity index (χ3n) is 7.07. The lowest BCUT2D eigenvalue weighted by Gasteiger charge is -2.52. The average Bonchev–Trinajstić information content (AvgIpc) is 3.51. The number of aromatic nitrogens is 5. The highest BCUT2D eigenvalue weighted by atomic mass is 19.1. The minimum atomic E-state index is -0.402. The van der Waals surface area contributed by atoms with E-state index in [1.165, 1.54) is 6.07 Å². The van der Waals surface area contributed by atoms with Crippen LogP contribution in [0.3, 0.4) is 0 Å². The summed E-state index contributed by atoms with van der Waals surface area (Å²) in [4.78, 5) is 18.7. The number of likely N-dealkylation sites (tertiary alicyclic amines) is 1. The lowest BCUT2D eigenvalue weighted by atomic mass is 9.73. The summed E-state index contributed by atoms with van der Waals surface area (Å²) in [7, 11) is 1.57. The average molecular weight is 452 g/mol. The van der Waals surface area contributed by atoms with E-state index >= 15 is 0 Å². The smallest absolute Gasteiger partial charge is 0.228 e. The van der Waals surface area contributed by atoms with E-state index in [0.717, 1.165) is 37.8 Å². The van der Waals surface area contributed by atoms with Crippen molar-refractivity contribution in [3.63, 3.8) is 0 Å². The summed E-state index contributed by atoms with van der Waals surface area (Å²) in [5, 5.41) is 14.4. The normalized spacial score (nSPS) is 25.6. The first-order valence-electron chi connectivity index (χ1n) is 11.2. The second-order valence-corrected chi connectivity index (χ2v) is 9.28. The number of hydrogen-bond donors (Lipinski definition) is 3. The Labute approximate surface area is 189 Å². The number of nitrogens with zero attached hydrogens (tertiary/aromatic N) is 5. The molecule has 172 valence electrons. The van der Waals surface area contributed by atoms with E-state index in [4.69, 9.17) is 4.74 Å². The van der Waals surface area contributed by atoms with Crippen molar-refractivity contribution in [1.82, 2.24) is 29.2 Å². The number of fused-ring (bicyclic) bond motifs is 2. The fourth-order valence-corrected chi connectivity index (χ4v) is 5.48. The van der Waals surface area contributed by atoms with Crippen molar-refractivity contribution < 1.29 is 14.2 Å². The molecule has 3 N–H and O–H groups in total. The van der Waals surface area contributed by atoms with Crippen LogP contribution in [0.4, 0.5) is 10.3 Å². The number of aliphatic hydroxyl groups is 1. The molecule has 2 aliphatic rings. The minimum absolute atomic E-state index is 0.00257. The van der Waals surface area contributed by atoms with Gasteiger partial charge in [0.05, 0.1) is 12.5 Å². The Hall–Kier alpha value is -3.24. The second-order valence-electron chi connectivity index (χ2n) is 9.28. The monoisotopic (exact) mass is 451 g/mol. The van der Waals surface area contributed by atoms with Gasteiger partial charge in [-0.15, -0.1) is 0 Å². The lowest BCUT2D eigenvalue weighted by molar-refractivity contribution is -0.0701. The highest BCUT2D eigenvalue weighted by molar-refractivity contribution is 5.97. The standard InChI is InChI=1S/C23H26FN7O2/c1-23(31-6-3-4-17(31)32)9-14(10-23)27-22-28-19-18(21(29-22)33-2)15(11-26-19)13-8-16(24)20-25-5-7-30(20)12-13/h5,7-8,11-12,14,17,32H,3-4,6,9-10H2,1-2H3,(H2,26,27,28,29). The molecule has 0 amide bonds. The predicted molar refractivity (Wildman–Crippen MR) is 122 cm³/mol. The fraction of sp³-hybridized carbons (Fsp3) is 0.435. The van der Waals surface area contributed by atoms with E-state index < -0.39 is 5.82 Å². The first kappa shape index (κ1) is 20.4. The molecule has 2 fully saturated rings. The number of rotatable bonds is 5. The van der Waals surface area contributed by atoms with E-state index in [0.29, 0.717) is 28.4 Å². The van der Waals surface area contributed by atoms with Crippen LogP contribution >= 0.6 is 0 Å². The number of imidazole rings is 1. The van der Waals surface area contributed by atoms with Crippen molar-refractivity contribution >= 4 is 22.6 Å². The molecule has 0 spiro atoms. The number of nitrogens with one attached hydrogen (secondary N) is 2. The summed E-state index contributed by atoms with van der Waals surface area (Å²) in [5.41, 5.74) is 2.31. The number of anilines is 1. The van der Waals surface area contributed by atoms with Crippen molar-refractivity contribution in [1.29, 1.82) is 0 Å². The zero-order valence-electron chi connectivity index (χ0n) is 18.5. The van der Waals surface area contributed by atoms with E-state index in [2.05, 4.69) is 37.1 Å². The summed E-state index contributed by atoms with van der Waals surface area (Å²) in [6.07, 6.45) is 10.2. The summed E-state index contributed by atoms with van der Waals surface area (Å²) >= 11 is 0. The van der Waals surface area contributed by atoms with E-state index in [1.54, 1.807) is 30.1 Å². The van der Waals surface area contributed by atoms with E-state index in [9.17, 15) is 9.50 Å². The number of methoxy groups -OCH3 is 1. The highest BCUT2D eigenvalue weighted by Gasteiger charge is 2.48. The topological polar surface area (TPSA) is 104 Å². The van der Waals surface area contributed by atoms with Gasteiger partial charge in [0.2, 0.25) is 11.8 Å². The van der Waals surface area contributed by atoms with Gasteiger partial charge in [-0.2, -0.15) is 9.97 Å². The Morgan fingerprint density at radius 3 is 2.94 bits per heavy atom. The summed E-state index contributed by atoms with van der Waals surface area (Å²) in [5.74, 6) is 0.501. The van der Waals surface area contributed by atoms with Crippen LogP contribution in [0.15, 0.2) is 30.9 Å². The van der Waals surface area contributed by atoms with Gasteiger partial charge in [-0.05, 0) is 38.7 Å². The molecule has 4 aromatic heterocycles. The van der Waals surface area contributed by atoms with E-state index in [1.807, 2.05) is 6.20 Å². The molecule has 1 unspecified atom stereocenters. The quantitative estimate of drug-likeness (QED) is 0.428. The van der Waals surface area contributed by atoms with Gasteiger partial charge in [0, 0.05) is 54.0 Å². The molecule has 0 aromatic carbocycles. The number of hydrogen-bond acceptors (Lipinski definition) is 7. The van der Waals surface area contributed by atoms with Crippen LogP contribution < -0.4 is 10.1 Å². The molecule has 1 saturated heterocycles. The second kappa shape index (κ2) is 7.39. The largest absolute Gasteiger partial charge is 0.480 e. The zero-order valence-corrected chi connectivity index (χ0v) is 18.5. The zero-order chi connectivity index (χ0) is 22.7. The van der Waals surface area contributed by atoms with Crippen LogP contribution in [-0.2, 0) is 0 Å². The van der Waals surface area contributed by atoms with Crippen LogP contribution in [0, 0.1) is 5.82 Å². The number of ether oxygens (including phenoxy) is 1. The molecule has 5 heterocycles. The molecule has 33 heavy (non-hydrogen) atoms. The Kier molecular flexibility index (Phi) is 4.56. The lowest BCUT2D eigenvalue weighted by Crippen LogP contribution is -2.60. The molecular weight excluding hydrogens is 425 g/mol. The molecule has 1 aliphatic heterocycles. The Bertz CT molecular complexity index is 1340. The van der Waals surface area contributed by atoms with Gasteiger partial charge >= 0.3 is 0 Å². The summed E-state index contributed by atoms with van der Waals surface area (Å²) in [6, 6.07) is 1.68. The van der Waals surface area contributed by atoms with Crippen LogP contribution in [0.5, 0.6) is 5.88 Å². The third kappa shape index (κ3) is 3.24. The van der Waals surface area contributed by atoms with Gasteiger partial charge < -0.3 is 24.5 Å². The van der Waals surface area contributed by atoms with Gasteiger partial charge in [0.15, 0.2) is 11.5 Å². The van der Waals surface area contributed by atoms with Crippen molar-refractivity contribution in [2.75, 3.05) is 19.0 Å². The Balaban J connectivity index is 1.28. The highest BCUT2D eigenvalue weighted by Crippen LogP contribution is 2.42. The van der Waals surface area contributed by atoms with Gasteiger partial charge in [-0.3, -0.25) is 4.90 Å². The minimum Gasteiger partial charge on any atom is -0.480 e. The van der Waals surface area contributed by atoms with Gasteiger partial charge in [-0.1, -0.05) is 0 Å². The Morgan fingerprint density at radius 1 is 1.33 bits per heavy atom. The van der Waals surface area contributed by atoms with E-state index in [-0.39, 0.29) is 23.5 Å². The van der Waals surface area contributed by atoms with Crippen molar-refractivity contribution in [2.45, 2.75) is 50.4 Å². The number of halogens is 1. The molecule has 9 nitrogen and oxygen atoms in total. The number of pyridine rings is 1. The first-order chi connectivity index (χ1) is 15.9. The fourth-order valence-electron chi connectivity index (χ4n) is 5.48. The molecule has 10 heteroatoms. The Morgan fingerprint density at radius 2 is 2.18 bits per heavy atom. The summed E-state index contributed by atoms with van der Waals surface area (Å²) in [6.45, 7) is 3.15. The molecule has 1 atom stereocenters. The van der Waals surface area contributed by atoms with Crippen LogP contribution in [-0.4, -0.2) is 65.8 Å². The number of aliphatic hydroxyl groups excluding tert-OH is 1. The number of aromatic amines is 1. The molecule has 0 radical (unpaired) electrons. The van der Waals surface area contributed by atoms with Gasteiger partial charge in [0.25, 0.3) is 0 Å².